The van der Waals surface area contributed by atoms with E-state index in [0.717, 1.165) is 6.92 Å². The van der Waals surface area contributed by atoms with Gasteiger partial charge in [-0.05, 0) is 73.2 Å². The number of aliphatic hydroxyl groups is 1. The first-order valence-electron chi connectivity index (χ1n) is 20.9. The van der Waals surface area contributed by atoms with E-state index in [1.165, 1.54) is 25.2 Å². The van der Waals surface area contributed by atoms with Crippen molar-refractivity contribution in [1.29, 1.82) is 0 Å². The van der Waals surface area contributed by atoms with Crippen LogP contribution in [0.25, 0.3) is 11.4 Å². The zero-order valence-corrected chi connectivity index (χ0v) is 38.6. The maximum absolute atomic E-state index is 16.9. The van der Waals surface area contributed by atoms with Crippen LogP contribution in [0.1, 0.15) is 74.7 Å². The number of amides is 1. The lowest BCUT2D eigenvalue weighted by Gasteiger charge is -2.47. The van der Waals surface area contributed by atoms with Crippen molar-refractivity contribution >= 4 is 35.8 Å². The molecule has 13 atom stereocenters. The Bertz CT molecular complexity index is 1870. The van der Waals surface area contributed by atoms with Gasteiger partial charge in [-0.25, -0.2) is 18.7 Å². The highest BCUT2D eigenvalue weighted by molar-refractivity contribution is 7.93. The molecule has 2 aromatic heterocycles. The van der Waals surface area contributed by atoms with Gasteiger partial charge in [-0.15, -0.1) is 5.10 Å². The molecule has 62 heavy (non-hydrogen) atoms. The Balaban J connectivity index is 0.00000273. The number of carbonyl (C=O) groups excluding carboxylic acids is 4. The third kappa shape index (κ3) is 10.9. The molecule has 0 aromatic carbocycles. The van der Waals surface area contributed by atoms with E-state index in [1.54, 1.807) is 69.9 Å². The van der Waals surface area contributed by atoms with Gasteiger partial charge in [0, 0.05) is 62.1 Å². The fraction of sp³-hybridized carbons (Fsp3) is 0.698. The van der Waals surface area contributed by atoms with Crippen LogP contribution in [0.2, 0.25) is 0 Å². The van der Waals surface area contributed by atoms with Crippen LogP contribution in [0, 0.1) is 17.8 Å². The lowest BCUT2D eigenvalue weighted by molar-refractivity contribution is -0.295. The molecule has 5 rings (SSSR count). The molecule has 3 unspecified atom stereocenters. The minimum Gasteiger partial charge on any atom is -0.455 e. The number of rotatable bonds is 10. The third-order valence-corrected chi connectivity index (χ3v) is 12.4. The second-order valence-corrected chi connectivity index (χ2v) is 17.5. The summed E-state index contributed by atoms with van der Waals surface area (Å²) in [7, 11) is 5.03. The zero-order valence-electron chi connectivity index (χ0n) is 37.8. The topological polar surface area (TPSA) is 185 Å². The molecule has 3 saturated heterocycles. The van der Waals surface area contributed by atoms with E-state index in [0.29, 0.717) is 24.4 Å². The summed E-state index contributed by atoms with van der Waals surface area (Å²) < 4.78 is 59.2. The molecule has 16 nitrogen and oxygen atoms in total. The Morgan fingerprint density at radius 3 is 2.31 bits per heavy atom. The Kier molecular flexibility index (Phi) is 17.4. The Morgan fingerprint density at radius 2 is 1.71 bits per heavy atom. The van der Waals surface area contributed by atoms with Gasteiger partial charge in [0.1, 0.15) is 23.7 Å². The maximum Gasteiger partial charge on any atom is 0.411 e. The largest absolute Gasteiger partial charge is 0.455 e. The van der Waals surface area contributed by atoms with Gasteiger partial charge in [-0.3, -0.25) is 19.5 Å². The number of ketones is 2. The number of pyridine rings is 1. The van der Waals surface area contributed by atoms with Gasteiger partial charge < -0.3 is 33.7 Å². The molecule has 1 N–H and O–H groups in total. The molecular weight excluding hydrogens is 831 g/mol. The summed E-state index contributed by atoms with van der Waals surface area (Å²) >= 11 is 0.250. The monoisotopic (exact) mass is 894 g/mol. The quantitative estimate of drug-likeness (QED) is 0.181. The van der Waals surface area contributed by atoms with E-state index >= 15 is 4.39 Å². The van der Waals surface area contributed by atoms with Crippen molar-refractivity contribution in [3.05, 3.63) is 42.7 Å². The number of aliphatic hydroxyl groups excluding tert-OH is 1. The van der Waals surface area contributed by atoms with Crippen molar-refractivity contribution in [2.45, 2.75) is 141 Å². The summed E-state index contributed by atoms with van der Waals surface area (Å²) in [4.78, 5) is 64.1. The van der Waals surface area contributed by atoms with Crippen LogP contribution in [0.15, 0.2) is 42.7 Å². The second kappa shape index (κ2) is 21.2. The number of hydrogen-bond donors (Lipinski definition) is 1. The maximum atomic E-state index is 16.9. The number of ether oxygens (including phenoxy) is 5. The molecule has 346 valence electrons. The van der Waals surface area contributed by atoms with E-state index < -0.39 is 83.1 Å². The standard InChI is InChI=1S/C42H61FN6O10.CH3FS/c1-12-31-42(8)34(49(39(54)59-42)20-16-15-19-48-23-29(45-46-48)28-17-13-14-18-44-28)26(4)32(50)24(2)22-40(6,55-11)36(27(5)35(52)41(7,43)38(53)57-31)58-37-33(51)30(47(9)10)21-25(3)56-37;1-3-2/h13-18,23-27,30-31,33-34,36-37,51H,12,19-22H2,1-11H3;1H3/b16-15+;/t24-,25?,26+,27+,30?,31-,33?,34-,36-,37+,40-,41+,42-;/m1./s1. The zero-order chi connectivity index (χ0) is 46.3. The van der Waals surface area contributed by atoms with Crippen molar-refractivity contribution in [2.24, 2.45) is 17.8 Å². The average Bonchev–Trinajstić information content (AvgIpc) is 3.81. The van der Waals surface area contributed by atoms with Gasteiger partial charge >= 0.3 is 12.1 Å². The van der Waals surface area contributed by atoms with Gasteiger partial charge in [0.05, 0.1) is 42.3 Å². The van der Waals surface area contributed by atoms with Crippen LogP contribution in [0.5, 0.6) is 0 Å². The van der Waals surface area contributed by atoms with Crippen LogP contribution >= 0.6 is 12.1 Å². The highest BCUT2D eigenvalue weighted by Gasteiger charge is 2.61. The average molecular weight is 895 g/mol. The normalized spacial score (nSPS) is 36.2. The Morgan fingerprint density at radius 1 is 1.05 bits per heavy atom. The van der Waals surface area contributed by atoms with Crippen molar-refractivity contribution < 1.29 is 56.2 Å². The summed E-state index contributed by atoms with van der Waals surface area (Å²) in [6, 6.07) is 4.12. The number of halogens is 2. The first-order chi connectivity index (χ1) is 29.1. The molecule has 0 radical (unpaired) electrons. The third-order valence-electron chi connectivity index (χ3n) is 12.4. The van der Waals surface area contributed by atoms with E-state index in [4.69, 9.17) is 23.7 Å². The summed E-state index contributed by atoms with van der Waals surface area (Å²) in [6.07, 6.45) is 2.74. The van der Waals surface area contributed by atoms with Gasteiger partial charge in [0.25, 0.3) is 5.67 Å². The predicted molar refractivity (Wildman–Crippen MR) is 227 cm³/mol. The van der Waals surface area contributed by atoms with E-state index in [1.807, 2.05) is 38.1 Å². The molecule has 0 bridgehead atoms. The number of alkyl halides is 1. The SMILES string of the molecule is CC[C@H]1OC(=O)[C@@](C)(F)C(=O)[C@H](C)[C@@H](O[C@@H]2OC(C)CC(N(C)C)C2O)[C@](C)(OC)C[C@@H](C)C(=O)[C@H](C)[C@H]2N(C/C=C/Cn3cc(-c4ccccn4)nn3)C(=O)O[C@]12C.CSF. The van der Waals surface area contributed by atoms with E-state index in [-0.39, 0.29) is 49.5 Å². The van der Waals surface area contributed by atoms with Crippen LogP contribution in [-0.4, -0.2) is 152 Å². The molecule has 5 heterocycles. The second-order valence-electron chi connectivity index (χ2n) is 17.2. The number of aromatic nitrogens is 4. The summed E-state index contributed by atoms with van der Waals surface area (Å²) in [5, 5.41) is 19.8. The molecule has 0 aliphatic carbocycles. The molecule has 1 amide bonds. The van der Waals surface area contributed by atoms with Crippen LogP contribution in [0.4, 0.5) is 13.1 Å². The number of esters is 1. The number of nitrogens with zero attached hydrogens (tertiary/aromatic N) is 6. The van der Waals surface area contributed by atoms with Crippen LogP contribution < -0.4 is 0 Å². The van der Waals surface area contributed by atoms with Crippen LogP contribution in [0.3, 0.4) is 0 Å². The molecular formula is C43H64F2N6O10S. The minimum atomic E-state index is -3.19. The first kappa shape index (κ1) is 50.8. The number of cyclic esters (lactones) is 1. The highest BCUT2D eigenvalue weighted by atomic mass is 32.2. The van der Waals surface area contributed by atoms with Crippen molar-refractivity contribution in [3.63, 3.8) is 0 Å². The van der Waals surface area contributed by atoms with Gasteiger partial charge in [-0.1, -0.05) is 51.1 Å². The summed E-state index contributed by atoms with van der Waals surface area (Å²) in [5.74, 6) is -5.94. The van der Waals surface area contributed by atoms with E-state index in [2.05, 4.69) is 15.3 Å². The Hall–Kier alpha value is -3.88. The number of carbonyl (C=O) groups is 4. The van der Waals surface area contributed by atoms with Gasteiger partial charge in [0.2, 0.25) is 0 Å². The van der Waals surface area contributed by atoms with Crippen molar-refractivity contribution in [2.75, 3.05) is 34.0 Å². The fourth-order valence-electron chi connectivity index (χ4n) is 9.06. The minimum absolute atomic E-state index is 0.00980. The molecule has 19 heteroatoms. The smallest absolute Gasteiger partial charge is 0.411 e. The molecule has 3 aliphatic rings. The van der Waals surface area contributed by atoms with E-state index in [9.17, 15) is 28.2 Å². The number of fused-ring (bicyclic) bond motifs is 1. The van der Waals surface area contributed by atoms with Gasteiger partial charge in [-0.2, -0.15) is 3.89 Å². The molecule has 3 fully saturated rings. The first-order valence-corrected chi connectivity index (χ1v) is 22.0. The number of Topliss-reactive ketones (excluding diaryl/α,β-unsaturated/α-hetero) is 2. The molecule has 3 aliphatic heterocycles. The molecule has 0 saturated carbocycles. The van der Waals surface area contributed by atoms with Gasteiger partial charge in [0.15, 0.2) is 17.7 Å². The molecule has 2 aromatic rings. The number of likely N-dealkylation sites (N-methyl/N-ethyl adjacent to an activating group) is 1. The van der Waals surface area contributed by atoms with Crippen molar-refractivity contribution in [3.8, 4) is 11.4 Å². The number of hydrogen-bond acceptors (Lipinski definition) is 15. The number of methoxy groups -OCH3 is 1. The summed E-state index contributed by atoms with van der Waals surface area (Å²) in [6.45, 7) is 12.7. The predicted octanol–water partition coefficient (Wildman–Crippen LogP) is 5.43. The summed E-state index contributed by atoms with van der Waals surface area (Å²) in [5.41, 5.74) is -5.04. The molecule has 0 spiro atoms. The Labute approximate surface area is 367 Å². The number of allylic oxidation sites excluding steroid dienone is 1. The van der Waals surface area contributed by atoms with Crippen LogP contribution in [-0.2, 0) is 44.6 Å². The fourth-order valence-corrected chi connectivity index (χ4v) is 9.06. The lowest BCUT2D eigenvalue weighted by atomic mass is 9.73. The highest BCUT2D eigenvalue weighted by Crippen LogP contribution is 2.43. The lowest BCUT2D eigenvalue weighted by Crippen LogP contribution is -2.61. The van der Waals surface area contributed by atoms with Crippen molar-refractivity contribution in [1.82, 2.24) is 29.8 Å².